The molecule has 0 aliphatic heterocycles. The molecule has 3 rings (SSSR count). The number of esters is 1. The summed E-state index contributed by atoms with van der Waals surface area (Å²) in [6, 6.07) is 14.3. The second-order valence-electron chi connectivity index (χ2n) is 7.04. The first-order valence-corrected chi connectivity index (χ1v) is 11.6. The molecule has 1 heterocycles. The molecule has 0 atom stereocenters. The molecule has 1 N–H and O–H groups in total. The molecule has 0 unspecified atom stereocenters. The maximum absolute atomic E-state index is 13.4. The van der Waals surface area contributed by atoms with E-state index in [4.69, 9.17) is 9.15 Å². The Labute approximate surface area is 191 Å². The minimum atomic E-state index is -3.80. The van der Waals surface area contributed by atoms with Crippen molar-refractivity contribution in [2.45, 2.75) is 24.9 Å². The number of rotatable bonds is 10. The van der Waals surface area contributed by atoms with E-state index in [2.05, 4.69) is 4.72 Å². The van der Waals surface area contributed by atoms with Gasteiger partial charge in [0.15, 0.2) is 6.61 Å². The molecule has 33 heavy (non-hydrogen) atoms. The van der Waals surface area contributed by atoms with Gasteiger partial charge in [0.2, 0.25) is 10.0 Å². The Balaban J connectivity index is 1.54. The van der Waals surface area contributed by atoms with E-state index < -0.39 is 34.3 Å². The summed E-state index contributed by atoms with van der Waals surface area (Å²) in [4.78, 5) is 26.1. The van der Waals surface area contributed by atoms with Crippen molar-refractivity contribution in [3.05, 3.63) is 89.6 Å². The highest BCUT2D eigenvalue weighted by Gasteiger charge is 2.18. The number of benzene rings is 2. The van der Waals surface area contributed by atoms with Crippen LogP contribution in [0.1, 0.15) is 28.6 Å². The van der Waals surface area contributed by atoms with Crippen LogP contribution in [0.5, 0.6) is 0 Å². The average molecular weight is 475 g/mol. The first kappa shape index (κ1) is 24.1. The van der Waals surface area contributed by atoms with E-state index in [-0.39, 0.29) is 23.5 Å². The van der Waals surface area contributed by atoms with Crippen LogP contribution in [0, 0.1) is 5.82 Å². The molecule has 1 aromatic heterocycles. The van der Waals surface area contributed by atoms with Crippen molar-refractivity contribution in [1.82, 2.24) is 9.62 Å². The molecule has 0 fully saturated rings. The summed E-state index contributed by atoms with van der Waals surface area (Å²) in [7, 11) is -3.80. The summed E-state index contributed by atoms with van der Waals surface area (Å²) in [6.07, 6.45) is 1.44. The van der Waals surface area contributed by atoms with E-state index in [0.717, 1.165) is 0 Å². The minimum Gasteiger partial charge on any atom is -0.468 e. The lowest BCUT2D eigenvalue weighted by Gasteiger charge is -2.21. The third-order valence-corrected chi connectivity index (χ3v) is 6.16. The number of furan rings is 1. The fraction of sp³-hybridized carbons (Fsp3) is 0.217. The lowest BCUT2D eigenvalue weighted by atomic mass is 10.2. The average Bonchev–Trinajstić information content (AvgIpc) is 3.33. The first-order chi connectivity index (χ1) is 15.8. The molecular weight excluding hydrogens is 451 g/mol. The smallest absolute Gasteiger partial charge is 0.338 e. The Morgan fingerprint density at radius 1 is 1.09 bits per heavy atom. The number of hydrogen-bond donors (Lipinski definition) is 1. The molecule has 3 aromatic rings. The monoisotopic (exact) mass is 474 g/mol. The van der Waals surface area contributed by atoms with Crippen molar-refractivity contribution in [2.75, 3.05) is 13.2 Å². The van der Waals surface area contributed by atoms with Crippen molar-refractivity contribution in [3.63, 3.8) is 0 Å². The molecule has 0 spiro atoms. The predicted octanol–water partition coefficient (Wildman–Crippen LogP) is 3.10. The topological polar surface area (TPSA) is 106 Å². The largest absolute Gasteiger partial charge is 0.468 e. The number of carbonyl (C=O) groups is 2. The van der Waals surface area contributed by atoms with E-state index >= 15 is 0 Å². The third kappa shape index (κ3) is 6.74. The summed E-state index contributed by atoms with van der Waals surface area (Å²) in [6.45, 7) is 1.79. The summed E-state index contributed by atoms with van der Waals surface area (Å²) in [5, 5.41) is 0. The molecule has 1 amide bonds. The zero-order valence-corrected chi connectivity index (χ0v) is 18.7. The van der Waals surface area contributed by atoms with Crippen molar-refractivity contribution in [2.24, 2.45) is 0 Å². The van der Waals surface area contributed by atoms with Gasteiger partial charge in [-0.05, 0) is 61.0 Å². The highest BCUT2D eigenvalue weighted by molar-refractivity contribution is 7.89. The fourth-order valence-corrected chi connectivity index (χ4v) is 3.96. The van der Waals surface area contributed by atoms with Gasteiger partial charge in [-0.3, -0.25) is 4.79 Å². The van der Waals surface area contributed by atoms with Gasteiger partial charge in [0.25, 0.3) is 5.91 Å². The van der Waals surface area contributed by atoms with Crippen molar-refractivity contribution in [1.29, 1.82) is 0 Å². The van der Waals surface area contributed by atoms with Gasteiger partial charge in [-0.15, -0.1) is 0 Å². The maximum atomic E-state index is 13.4. The number of hydrogen-bond acceptors (Lipinski definition) is 6. The molecule has 0 radical (unpaired) electrons. The molecule has 8 nitrogen and oxygen atoms in total. The number of nitrogens with one attached hydrogen (secondary N) is 1. The number of sulfonamides is 1. The van der Waals surface area contributed by atoms with E-state index in [0.29, 0.717) is 17.9 Å². The number of ether oxygens (including phenoxy) is 1. The van der Waals surface area contributed by atoms with Crippen LogP contribution in [-0.2, 0) is 32.6 Å². The second-order valence-corrected chi connectivity index (χ2v) is 8.81. The minimum absolute atomic E-state index is 0.00914. The molecular formula is C23H23FN2O6S. The lowest BCUT2D eigenvalue weighted by Crippen LogP contribution is -2.34. The number of halogens is 1. The van der Waals surface area contributed by atoms with Gasteiger partial charge in [0.05, 0.1) is 23.3 Å². The van der Waals surface area contributed by atoms with Crippen LogP contribution in [0.25, 0.3) is 0 Å². The van der Waals surface area contributed by atoms with Gasteiger partial charge in [0.1, 0.15) is 11.6 Å². The fourth-order valence-electron chi connectivity index (χ4n) is 2.97. The summed E-state index contributed by atoms with van der Waals surface area (Å²) in [5.74, 6) is -1.14. The number of carbonyl (C=O) groups excluding carboxylic acids is 2. The van der Waals surface area contributed by atoms with Gasteiger partial charge in [-0.25, -0.2) is 22.3 Å². The van der Waals surface area contributed by atoms with Gasteiger partial charge in [0, 0.05) is 13.1 Å². The zero-order chi connectivity index (χ0) is 23.8. The van der Waals surface area contributed by atoms with Crippen LogP contribution >= 0.6 is 0 Å². The van der Waals surface area contributed by atoms with Crippen LogP contribution in [-0.4, -0.2) is 38.3 Å². The van der Waals surface area contributed by atoms with Crippen LogP contribution in [0.2, 0.25) is 0 Å². The van der Waals surface area contributed by atoms with E-state index in [1.807, 2.05) is 0 Å². The number of amides is 1. The quantitative estimate of drug-likeness (QED) is 0.453. The normalized spacial score (nSPS) is 11.2. The molecule has 174 valence electrons. The Bertz CT molecular complexity index is 1190. The Kier molecular flexibility index (Phi) is 7.96. The van der Waals surface area contributed by atoms with Crippen molar-refractivity contribution < 1.29 is 31.6 Å². The molecule has 0 aliphatic rings. The van der Waals surface area contributed by atoms with Crippen molar-refractivity contribution >= 4 is 21.9 Å². The number of likely N-dealkylation sites (N-methyl/N-ethyl adjacent to an activating group) is 1. The van der Waals surface area contributed by atoms with Crippen LogP contribution in [0.4, 0.5) is 4.39 Å². The molecule has 0 bridgehead atoms. The molecule has 0 saturated heterocycles. The van der Waals surface area contributed by atoms with E-state index in [9.17, 15) is 22.4 Å². The first-order valence-electron chi connectivity index (χ1n) is 10.1. The van der Waals surface area contributed by atoms with Crippen molar-refractivity contribution in [3.8, 4) is 0 Å². The second kappa shape index (κ2) is 10.9. The van der Waals surface area contributed by atoms with Gasteiger partial charge >= 0.3 is 5.97 Å². The lowest BCUT2D eigenvalue weighted by molar-refractivity contribution is -0.134. The van der Waals surface area contributed by atoms with Gasteiger partial charge in [-0.1, -0.05) is 12.1 Å². The molecule has 0 aliphatic carbocycles. The summed E-state index contributed by atoms with van der Waals surface area (Å²) >= 11 is 0. The molecule has 2 aromatic carbocycles. The zero-order valence-electron chi connectivity index (χ0n) is 17.9. The van der Waals surface area contributed by atoms with Gasteiger partial charge in [-0.2, -0.15) is 0 Å². The Morgan fingerprint density at radius 2 is 1.85 bits per heavy atom. The molecule has 0 saturated carbocycles. The highest BCUT2D eigenvalue weighted by Crippen LogP contribution is 2.13. The maximum Gasteiger partial charge on any atom is 0.338 e. The summed E-state index contributed by atoms with van der Waals surface area (Å²) in [5.41, 5.74) is 0.718. The third-order valence-electron chi connectivity index (χ3n) is 4.74. The van der Waals surface area contributed by atoms with Crippen LogP contribution < -0.4 is 4.72 Å². The predicted molar refractivity (Wildman–Crippen MR) is 117 cm³/mol. The van der Waals surface area contributed by atoms with Crippen LogP contribution in [0.15, 0.2) is 76.2 Å². The Hall–Kier alpha value is -3.50. The standard InChI is InChI=1S/C23H23FN2O6S/c1-2-26(15-17-5-3-6-19(24)13-17)22(27)16-32-23(28)18-8-10-21(11-9-18)33(29,30)25-14-20-7-4-12-31-20/h3-13,25H,2,14-16H2,1H3. The van der Waals surface area contributed by atoms with Gasteiger partial charge < -0.3 is 14.1 Å². The van der Waals surface area contributed by atoms with E-state index in [1.54, 1.807) is 31.2 Å². The van der Waals surface area contributed by atoms with E-state index in [1.165, 1.54) is 47.6 Å². The number of nitrogens with zero attached hydrogens (tertiary/aromatic N) is 1. The molecule has 10 heteroatoms. The Morgan fingerprint density at radius 3 is 2.48 bits per heavy atom. The SMILES string of the molecule is CCN(Cc1cccc(F)c1)C(=O)COC(=O)c1ccc(S(=O)(=O)NCc2ccco2)cc1. The summed E-state index contributed by atoms with van der Waals surface area (Å²) < 4.78 is 50.6. The highest BCUT2D eigenvalue weighted by atomic mass is 32.2. The van der Waals surface area contributed by atoms with Crippen LogP contribution in [0.3, 0.4) is 0 Å².